The quantitative estimate of drug-likeness (QED) is 0.176. The fraction of sp³-hybridized carbons (Fsp3) is 0.0189. The van der Waals surface area contributed by atoms with E-state index in [0.717, 1.165) is 61.6 Å². The van der Waals surface area contributed by atoms with Gasteiger partial charge < -0.3 is 4.74 Å². The van der Waals surface area contributed by atoms with E-state index in [-0.39, 0.29) is 0 Å². The molecule has 270 valence electrons. The van der Waals surface area contributed by atoms with Crippen LogP contribution in [0.5, 0.6) is 11.5 Å². The van der Waals surface area contributed by atoms with Crippen molar-refractivity contribution in [3.63, 3.8) is 0 Å². The number of ether oxygens (including phenoxy) is 1. The first-order valence-corrected chi connectivity index (χ1v) is 19.3. The molecule has 2 heterocycles. The van der Waals surface area contributed by atoms with Crippen LogP contribution in [0.2, 0.25) is 0 Å². The summed E-state index contributed by atoms with van der Waals surface area (Å²) in [4.78, 5) is 15.0. The van der Waals surface area contributed by atoms with E-state index in [0.29, 0.717) is 23.0 Å². The highest BCUT2D eigenvalue weighted by atomic mass is 16.5. The Morgan fingerprint density at radius 1 is 0.362 bits per heavy atom. The molecule has 58 heavy (non-hydrogen) atoms. The van der Waals surface area contributed by atoms with Crippen molar-refractivity contribution in [2.24, 2.45) is 0 Å². The zero-order valence-electron chi connectivity index (χ0n) is 31.2. The Bertz CT molecular complexity index is 3050. The summed E-state index contributed by atoms with van der Waals surface area (Å²) in [6, 6.07) is 69.2. The summed E-state index contributed by atoms with van der Waals surface area (Å²) in [7, 11) is 0. The highest BCUT2D eigenvalue weighted by Gasteiger charge is 2.51. The molecule has 0 radical (unpaired) electrons. The van der Waals surface area contributed by atoms with Crippen molar-refractivity contribution >= 4 is 0 Å². The highest BCUT2D eigenvalue weighted by Crippen LogP contribution is 2.62. The van der Waals surface area contributed by atoms with Gasteiger partial charge in [0.05, 0.1) is 17.0 Å². The standard InChI is InChI=1S/C53H32N4O/c54-33-34-11-10-14-40(31-34)35-21-25-38(26-22-35)51-55-50(37-12-2-1-3-13-37)56-52(57-51)39-27-23-36(24-28-39)41-29-30-43-42-15-4-5-16-44(42)53(47(43)32-41)45-17-6-8-19-48(45)58-49-20-9-7-18-46(49)53/h1-32H. The summed E-state index contributed by atoms with van der Waals surface area (Å²) >= 11 is 0. The second-order valence-electron chi connectivity index (χ2n) is 14.7. The maximum atomic E-state index is 9.41. The third kappa shape index (κ3) is 5.27. The first-order valence-electron chi connectivity index (χ1n) is 19.3. The number of hydrogen-bond donors (Lipinski definition) is 0. The summed E-state index contributed by atoms with van der Waals surface area (Å²) < 4.78 is 6.54. The van der Waals surface area contributed by atoms with Crippen LogP contribution < -0.4 is 4.74 Å². The van der Waals surface area contributed by atoms with Gasteiger partial charge in [-0.15, -0.1) is 0 Å². The first kappa shape index (κ1) is 33.4. The maximum absolute atomic E-state index is 9.41. The van der Waals surface area contributed by atoms with Gasteiger partial charge in [-0.3, -0.25) is 0 Å². The molecular weight excluding hydrogens is 709 g/mol. The predicted molar refractivity (Wildman–Crippen MR) is 229 cm³/mol. The maximum Gasteiger partial charge on any atom is 0.164 e. The van der Waals surface area contributed by atoms with Gasteiger partial charge in [-0.05, 0) is 74.8 Å². The molecule has 5 nitrogen and oxygen atoms in total. The molecule has 0 saturated heterocycles. The lowest BCUT2D eigenvalue weighted by molar-refractivity contribution is 0.436. The number of fused-ring (bicyclic) bond motifs is 9. The van der Waals surface area contributed by atoms with E-state index in [1.165, 1.54) is 22.3 Å². The minimum atomic E-state index is -0.526. The van der Waals surface area contributed by atoms with E-state index in [9.17, 15) is 5.26 Å². The zero-order valence-corrected chi connectivity index (χ0v) is 31.2. The molecule has 0 fully saturated rings. The van der Waals surface area contributed by atoms with Crippen molar-refractivity contribution in [1.82, 2.24) is 15.0 Å². The predicted octanol–water partition coefficient (Wildman–Crippen LogP) is 12.5. The van der Waals surface area contributed by atoms with Gasteiger partial charge in [-0.1, -0.05) is 164 Å². The van der Waals surface area contributed by atoms with Crippen LogP contribution >= 0.6 is 0 Å². The molecule has 1 spiro atoms. The van der Waals surface area contributed by atoms with Gasteiger partial charge >= 0.3 is 0 Å². The Morgan fingerprint density at radius 2 is 0.810 bits per heavy atom. The van der Waals surface area contributed by atoms with Crippen molar-refractivity contribution in [2.45, 2.75) is 5.41 Å². The summed E-state index contributed by atoms with van der Waals surface area (Å²) in [5, 5.41) is 9.41. The second-order valence-corrected chi connectivity index (χ2v) is 14.7. The fourth-order valence-corrected chi connectivity index (χ4v) is 8.78. The van der Waals surface area contributed by atoms with E-state index >= 15 is 0 Å². The molecule has 5 heteroatoms. The molecule has 1 aliphatic carbocycles. The number of para-hydroxylation sites is 2. The average Bonchev–Trinajstić information content (AvgIpc) is 3.59. The van der Waals surface area contributed by atoms with Crippen LogP contribution in [-0.2, 0) is 5.41 Å². The normalized spacial score (nSPS) is 12.7. The van der Waals surface area contributed by atoms with Gasteiger partial charge in [-0.25, -0.2) is 15.0 Å². The summed E-state index contributed by atoms with van der Waals surface area (Å²) in [5.74, 6) is 3.56. The summed E-state index contributed by atoms with van der Waals surface area (Å²) in [5.41, 5.74) is 14.3. The fourth-order valence-electron chi connectivity index (χ4n) is 8.78. The number of hydrogen-bond acceptors (Lipinski definition) is 5. The van der Waals surface area contributed by atoms with Gasteiger partial charge in [0, 0.05) is 27.8 Å². The van der Waals surface area contributed by atoms with Crippen molar-refractivity contribution in [3.8, 4) is 85.1 Å². The van der Waals surface area contributed by atoms with Gasteiger partial charge in [0.1, 0.15) is 11.5 Å². The molecule has 0 atom stereocenters. The van der Waals surface area contributed by atoms with Crippen LogP contribution in [0.25, 0.3) is 67.5 Å². The van der Waals surface area contributed by atoms with E-state index < -0.39 is 5.41 Å². The molecule has 9 aromatic rings. The van der Waals surface area contributed by atoms with Crippen molar-refractivity contribution < 1.29 is 4.74 Å². The molecule has 8 aromatic carbocycles. The van der Waals surface area contributed by atoms with Crippen LogP contribution in [0.3, 0.4) is 0 Å². The highest BCUT2D eigenvalue weighted by molar-refractivity contribution is 5.90. The Morgan fingerprint density at radius 3 is 1.41 bits per heavy atom. The van der Waals surface area contributed by atoms with Gasteiger partial charge in [0.15, 0.2) is 17.5 Å². The minimum Gasteiger partial charge on any atom is -0.457 e. The minimum absolute atomic E-state index is 0.526. The number of nitrogens with zero attached hydrogens (tertiary/aromatic N) is 4. The largest absolute Gasteiger partial charge is 0.457 e. The molecule has 0 amide bonds. The Labute approximate surface area is 336 Å². The smallest absolute Gasteiger partial charge is 0.164 e. The Balaban J connectivity index is 0.999. The molecule has 0 unspecified atom stereocenters. The van der Waals surface area contributed by atoms with Crippen LogP contribution in [0.1, 0.15) is 27.8 Å². The lowest BCUT2D eigenvalue weighted by Gasteiger charge is -2.39. The number of nitriles is 1. The summed E-state index contributed by atoms with van der Waals surface area (Å²) in [6.07, 6.45) is 0. The van der Waals surface area contributed by atoms with Gasteiger partial charge in [0.25, 0.3) is 0 Å². The molecule has 2 aliphatic rings. The molecule has 1 aromatic heterocycles. The van der Waals surface area contributed by atoms with Crippen LogP contribution in [0, 0.1) is 11.3 Å². The third-order valence-corrected chi connectivity index (χ3v) is 11.5. The van der Waals surface area contributed by atoms with E-state index in [2.05, 4.69) is 109 Å². The van der Waals surface area contributed by atoms with Crippen LogP contribution in [0.15, 0.2) is 194 Å². The van der Waals surface area contributed by atoms with E-state index in [1.54, 1.807) is 0 Å². The SMILES string of the molecule is N#Cc1cccc(-c2ccc(-c3nc(-c4ccccc4)nc(-c4ccc(-c5ccc6c(c5)C5(c7ccccc7Oc7ccccc75)c5ccccc5-6)cc4)n3)cc2)c1. The molecule has 0 N–H and O–H groups in total. The second kappa shape index (κ2) is 13.4. The van der Waals surface area contributed by atoms with E-state index in [4.69, 9.17) is 19.7 Å². The Hall–Kier alpha value is -7.94. The lowest BCUT2D eigenvalue weighted by Crippen LogP contribution is -2.32. The van der Waals surface area contributed by atoms with Gasteiger partial charge in [0.2, 0.25) is 0 Å². The molecule has 11 rings (SSSR count). The van der Waals surface area contributed by atoms with Gasteiger partial charge in [-0.2, -0.15) is 5.26 Å². The number of benzene rings is 8. The number of rotatable bonds is 5. The molecular formula is C53H32N4O. The molecule has 0 bridgehead atoms. The third-order valence-electron chi connectivity index (χ3n) is 11.5. The van der Waals surface area contributed by atoms with Crippen molar-refractivity contribution in [1.29, 1.82) is 5.26 Å². The van der Waals surface area contributed by atoms with Crippen molar-refractivity contribution in [3.05, 3.63) is 222 Å². The summed E-state index contributed by atoms with van der Waals surface area (Å²) in [6.45, 7) is 0. The van der Waals surface area contributed by atoms with Crippen LogP contribution in [-0.4, -0.2) is 15.0 Å². The first-order chi connectivity index (χ1) is 28.7. The van der Waals surface area contributed by atoms with Crippen LogP contribution in [0.4, 0.5) is 0 Å². The Kier molecular flexibility index (Phi) is 7.70. The lowest BCUT2D eigenvalue weighted by atomic mass is 9.66. The monoisotopic (exact) mass is 740 g/mol. The van der Waals surface area contributed by atoms with E-state index in [1.807, 2.05) is 91.0 Å². The van der Waals surface area contributed by atoms with Crippen molar-refractivity contribution in [2.75, 3.05) is 0 Å². The molecule has 1 aliphatic heterocycles. The average molecular weight is 741 g/mol. The zero-order chi connectivity index (χ0) is 38.6. The number of aromatic nitrogens is 3. The topological polar surface area (TPSA) is 71.7 Å². The molecule has 0 saturated carbocycles.